The summed E-state index contributed by atoms with van der Waals surface area (Å²) >= 11 is 5.62. The quantitative estimate of drug-likeness (QED) is 0.747. The van der Waals surface area contributed by atoms with Crippen LogP contribution in [-0.4, -0.2) is 10.2 Å². The topological polar surface area (TPSA) is 28.7 Å². The molecule has 13 heavy (non-hydrogen) atoms. The molecule has 0 aliphatic carbocycles. The van der Waals surface area contributed by atoms with E-state index in [2.05, 4.69) is 10.2 Å². The first-order valence-corrected chi connectivity index (χ1v) is 4.10. The lowest BCUT2D eigenvalue weighted by Gasteiger charge is -2.00. The highest BCUT2D eigenvalue weighted by atomic mass is 35.5. The highest BCUT2D eigenvalue weighted by Gasteiger charge is 2.08. The normalized spacial score (nSPS) is 10.3. The molecule has 0 aliphatic rings. The van der Waals surface area contributed by atoms with E-state index in [0.717, 1.165) is 0 Å². The SMILES string of the molecule is Fc1c(Cl)cccc1-c1ccn[nH]1. The summed E-state index contributed by atoms with van der Waals surface area (Å²) in [5.41, 5.74) is 1.06. The molecule has 2 aromatic rings. The van der Waals surface area contributed by atoms with Crippen LogP contribution in [0, 0.1) is 5.82 Å². The van der Waals surface area contributed by atoms with E-state index in [9.17, 15) is 4.39 Å². The Morgan fingerprint density at radius 3 is 2.85 bits per heavy atom. The van der Waals surface area contributed by atoms with Crippen LogP contribution in [0.4, 0.5) is 4.39 Å². The van der Waals surface area contributed by atoms with E-state index < -0.39 is 5.82 Å². The lowest BCUT2D eigenvalue weighted by molar-refractivity contribution is 0.631. The predicted octanol–water partition coefficient (Wildman–Crippen LogP) is 2.87. The fourth-order valence-electron chi connectivity index (χ4n) is 1.12. The van der Waals surface area contributed by atoms with Crippen molar-refractivity contribution in [2.75, 3.05) is 0 Å². The summed E-state index contributed by atoms with van der Waals surface area (Å²) in [5, 5.41) is 6.53. The molecule has 4 heteroatoms. The Morgan fingerprint density at radius 2 is 2.15 bits per heavy atom. The molecular weight excluding hydrogens is 191 g/mol. The van der Waals surface area contributed by atoms with E-state index in [4.69, 9.17) is 11.6 Å². The number of benzene rings is 1. The van der Waals surface area contributed by atoms with E-state index in [0.29, 0.717) is 11.3 Å². The molecule has 0 spiro atoms. The minimum Gasteiger partial charge on any atom is -0.278 e. The Bertz CT molecular complexity index is 412. The average molecular weight is 197 g/mol. The highest BCUT2D eigenvalue weighted by molar-refractivity contribution is 6.31. The van der Waals surface area contributed by atoms with Gasteiger partial charge in [0.2, 0.25) is 0 Å². The van der Waals surface area contributed by atoms with Crippen LogP contribution in [0.25, 0.3) is 11.3 Å². The molecule has 0 radical (unpaired) electrons. The van der Waals surface area contributed by atoms with E-state index in [1.54, 1.807) is 24.4 Å². The molecule has 0 amide bonds. The molecule has 2 rings (SSSR count). The van der Waals surface area contributed by atoms with Crippen molar-refractivity contribution in [2.24, 2.45) is 0 Å². The van der Waals surface area contributed by atoms with Crippen molar-refractivity contribution in [2.45, 2.75) is 0 Å². The van der Waals surface area contributed by atoms with Crippen LogP contribution in [0.5, 0.6) is 0 Å². The van der Waals surface area contributed by atoms with Crippen molar-refractivity contribution >= 4 is 11.6 Å². The number of rotatable bonds is 1. The summed E-state index contributed by atoms with van der Waals surface area (Å²) in [7, 11) is 0. The zero-order valence-electron chi connectivity index (χ0n) is 6.59. The lowest BCUT2D eigenvalue weighted by Crippen LogP contribution is -1.85. The van der Waals surface area contributed by atoms with Crippen LogP contribution in [-0.2, 0) is 0 Å². The number of aromatic nitrogens is 2. The molecule has 0 fully saturated rings. The Hall–Kier alpha value is -1.35. The van der Waals surface area contributed by atoms with E-state index in [1.165, 1.54) is 6.07 Å². The van der Waals surface area contributed by atoms with Crippen molar-refractivity contribution in [3.05, 3.63) is 41.3 Å². The molecular formula is C9H6ClFN2. The van der Waals surface area contributed by atoms with Gasteiger partial charge in [-0.15, -0.1) is 0 Å². The summed E-state index contributed by atoms with van der Waals surface area (Å²) < 4.78 is 13.4. The summed E-state index contributed by atoms with van der Waals surface area (Å²) in [4.78, 5) is 0. The van der Waals surface area contributed by atoms with Crippen LogP contribution in [0.15, 0.2) is 30.5 Å². The van der Waals surface area contributed by atoms with Gasteiger partial charge in [-0.2, -0.15) is 5.10 Å². The van der Waals surface area contributed by atoms with Crippen molar-refractivity contribution in [1.29, 1.82) is 0 Å². The zero-order valence-corrected chi connectivity index (χ0v) is 7.35. The maximum absolute atomic E-state index is 13.4. The van der Waals surface area contributed by atoms with Gasteiger partial charge in [-0.1, -0.05) is 17.7 Å². The van der Waals surface area contributed by atoms with Gasteiger partial charge in [-0.05, 0) is 18.2 Å². The molecule has 0 saturated carbocycles. The number of halogens is 2. The summed E-state index contributed by atoms with van der Waals surface area (Å²) in [6, 6.07) is 6.54. The van der Waals surface area contributed by atoms with E-state index >= 15 is 0 Å². The Morgan fingerprint density at radius 1 is 1.31 bits per heavy atom. The molecule has 2 nitrogen and oxygen atoms in total. The van der Waals surface area contributed by atoms with Crippen LogP contribution in [0.1, 0.15) is 0 Å². The van der Waals surface area contributed by atoms with Gasteiger partial charge < -0.3 is 0 Å². The van der Waals surface area contributed by atoms with E-state index in [-0.39, 0.29) is 5.02 Å². The highest BCUT2D eigenvalue weighted by Crippen LogP contribution is 2.25. The molecule has 0 bridgehead atoms. The van der Waals surface area contributed by atoms with Gasteiger partial charge >= 0.3 is 0 Å². The maximum Gasteiger partial charge on any atom is 0.151 e. The van der Waals surface area contributed by atoms with Gasteiger partial charge in [0, 0.05) is 11.8 Å². The molecule has 0 atom stereocenters. The molecule has 1 aromatic carbocycles. The molecule has 0 saturated heterocycles. The fraction of sp³-hybridized carbons (Fsp3) is 0. The monoisotopic (exact) mass is 196 g/mol. The van der Waals surface area contributed by atoms with Gasteiger partial charge in [0.15, 0.2) is 5.82 Å². The van der Waals surface area contributed by atoms with Gasteiger partial charge in [0.1, 0.15) is 0 Å². The Balaban J connectivity index is 2.59. The third-order valence-electron chi connectivity index (χ3n) is 1.74. The first kappa shape index (κ1) is 8.26. The minimum atomic E-state index is -0.423. The van der Waals surface area contributed by atoms with Gasteiger partial charge in [0.25, 0.3) is 0 Å². The minimum absolute atomic E-state index is 0.118. The van der Waals surface area contributed by atoms with Crippen molar-refractivity contribution in [3.63, 3.8) is 0 Å². The second kappa shape index (κ2) is 3.18. The molecule has 0 aliphatic heterocycles. The second-order valence-electron chi connectivity index (χ2n) is 2.57. The number of nitrogens with one attached hydrogen (secondary N) is 1. The fourth-order valence-corrected chi connectivity index (χ4v) is 1.29. The number of hydrogen-bond donors (Lipinski definition) is 1. The molecule has 1 aromatic heterocycles. The number of nitrogens with zero attached hydrogens (tertiary/aromatic N) is 1. The number of H-pyrrole nitrogens is 1. The maximum atomic E-state index is 13.4. The summed E-state index contributed by atoms with van der Waals surface area (Å²) in [6.45, 7) is 0. The smallest absolute Gasteiger partial charge is 0.151 e. The number of aromatic amines is 1. The standard InChI is InChI=1S/C9H6ClFN2/c10-7-3-1-2-6(9(7)11)8-4-5-12-13-8/h1-5H,(H,12,13). The lowest BCUT2D eigenvalue weighted by atomic mass is 10.1. The second-order valence-corrected chi connectivity index (χ2v) is 2.98. The molecule has 1 heterocycles. The van der Waals surface area contributed by atoms with Gasteiger partial charge in [0.05, 0.1) is 10.7 Å². The predicted molar refractivity (Wildman–Crippen MR) is 49.0 cm³/mol. The first-order valence-electron chi connectivity index (χ1n) is 3.73. The molecule has 0 unspecified atom stereocenters. The Labute approximate surface area is 79.4 Å². The first-order chi connectivity index (χ1) is 6.29. The zero-order chi connectivity index (χ0) is 9.26. The third kappa shape index (κ3) is 1.42. The van der Waals surface area contributed by atoms with Crippen molar-refractivity contribution < 1.29 is 4.39 Å². The van der Waals surface area contributed by atoms with Crippen LogP contribution >= 0.6 is 11.6 Å². The summed E-state index contributed by atoms with van der Waals surface area (Å²) in [6.07, 6.45) is 1.57. The van der Waals surface area contributed by atoms with Crippen LogP contribution < -0.4 is 0 Å². The third-order valence-corrected chi connectivity index (χ3v) is 2.03. The van der Waals surface area contributed by atoms with Crippen molar-refractivity contribution in [3.8, 4) is 11.3 Å². The van der Waals surface area contributed by atoms with Crippen molar-refractivity contribution in [1.82, 2.24) is 10.2 Å². The van der Waals surface area contributed by atoms with Gasteiger partial charge in [-0.25, -0.2) is 4.39 Å². The largest absolute Gasteiger partial charge is 0.278 e. The average Bonchev–Trinajstić information content (AvgIpc) is 2.62. The molecule has 1 N–H and O–H groups in total. The summed E-state index contributed by atoms with van der Waals surface area (Å²) in [5.74, 6) is -0.423. The van der Waals surface area contributed by atoms with Crippen LogP contribution in [0.3, 0.4) is 0 Å². The van der Waals surface area contributed by atoms with Gasteiger partial charge in [-0.3, -0.25) is 5.10 Å². The number of hydrogen-bond acceptors (Lipinski definition) is 1. The van der Waals surface area contributed by atoms with E-state index in [1.807, 2.05) is 0 Å². The molecule has 66 valence electrons. The van der Waals surface area contributed by atoms with Crippen LogP contribution in [0.2, 0.25) is 5.02 Å². The Kier molecular flexibility index (Phi) is 2.02.